The normalized spacial score (nSPS) is 11.5. The van der Waals surface area contributed by atoms with Gasteiger partial charge in [-0.2, -0.15) is 12.7 Å². The molecular weight excluding hydrogens is 386 g/mol. The van der Waals surface area contributed by atoms with E-state index in [2.05, 4.69) is 5.32 Å². The van der Waals surface area contributed by atoms with Crippen molar-refractivity contribution in [3.63, 3.8) is 0 Å². The van der Waals surface area contributed by atoms with Gasteiger partial charge >= 0.3 is 10.2 Å². The first-order valence-electron chi connectivity index (χ1n) is 8.40. The molecule has 0 saturated carbocycles. The lowest BCUT2D eigenvalue weighted by atomic mass is 10.1. The Morgan fingerprint density at radius 2 is 1.78 bits per heavy atom. The minimum absolute atomic E-state index is 0.223. The van der Waals surface area contributed by atoms with E-state index in [0.717, 1.165) is 25.3 Å². The molecule has 2 aromatic carbocycles. The molecular formula is C19H24ClN3O3S. The number of aryl methyl sites for hydroxylation is 2. The maximum Gasteiger partial charge on any atom is 0.304 e. The third kappa shape index (κ3) is 5.22. The SMILES string of the molecule is Cc1ccc(C)c(N(CC(=O)NCc2ccccc2Cl)S(=O)(=O)N(C)C)c1. The van der Waals surface area contributed by atoms with Crippen molar-refractivity contribution in [2.45, 2.75) is 20.4 Å². The summed E-state index contributed by atoms with van der Waals surface area (Å²) in [6, 6.07) is 12.7. The lowest BCUT2D eigenvalue weighted by molar-refractivity contribution is -0.119. The predicted molar refractivity (Wildman–Crippen MR) is 109 cm³/mol. The molecule has 27 heavy (non-hydrogen) atoms. The van der Waals surface area contributed by atoms with Crippen LogP contribution in [0.5, 0.6) is 0 Å². The Balaban J connectivity index is 2.26. The van der Waals surface area contributed by atoms with Crippen LogP contribution in [0, 0.1) is 13.8 Å². The number of halogens is 1. The van der Waals surface area contributed by atoms with Crippen LogP contribution in [0.3, 0.4) is 0 Å². The molecule has 2 aromatic rings. The monoisotopic (exact) mass is 409 g/mol. The zero-order valence-corrected chi connectivity index (χ0v) is 17.4. The number of hydrogen-bond acceptors (Lipinski definition) is 3. The van der Waals surface area contributed by atoms with E-state index in [4.69, 9.17) is 11.6 Å². The summed E-state index contributed by atoms with van der Waals surface area (Å²) in [7, 11) is -0.959. The molecule has 0 aromatic heterocycles. The lowest BCUT2D eigenvalue weighted by Gasteiger charge is -2.28. The third-order valence-electron chi connectivity index (χ3n) is 4.09. The topological polar surface area (TPSA) is 69.7 Å². The van der Waals surface area contributed by atoms with E-state index < -0.39 is 16.1 Å². The second kappa shape index (κ2) is 8.73. The minimum Gasteiger partial charge on any atom is -0.350 e. The highest BCUT2D eigenvalue weighted by Crippen LogP contribution is 2.25. The molecule has 8 heteroatoms. The molecule has 0 unspecified atom stereocenters. The van der Waals surface area contributed by atoms with Gasteiger partial charge in [0, 0.05) is 25.7 Å². The van der Waals surface area contributed by atoms with Crippen LogP contribution in [0.25, 0.3) is 0 Å². The van der Waals surface area contributed by atoms with E-state index in [-0.39, 0.29) is 13.1 Å². The molecule has 0 aliphatic carbocycles. The van der Waals surface area contributed by atoms with Crippen LogP contribution >= 0.6 is 11.6 Å². The zero-order chi connectivity index (χ0) is 20.2. The summed E-state index contributed by atoms with van der Waals surface area (Å²) in [5.74, 6) is -0.416. The van der Waals surface area contributed by atoms with E-state index in [9.17, 15) is 13.2 Å². The van der Waals surface area contributed by atoms with Crippen molar-refractivity contribution < 1.29 is 13.2 Å². The van der Waals surface area contributed by atoms with Crippen LogP contribution in [0.1, 0.15) is 16.7 Å². The molecule has 1 N–H and O–H groups in total. The van der Waals surface area contributed by atoms with Crippen LogP contribution in [0.2, 0.25) is 5.02 Å². The van der Waals surface area contributed by atoms with Gasteiger partial charge < -0.3 is 5.32 Å². The van der Waals surface area contributed by atoms with Crippen molar-refractivity contribution in [1.29, 1.82) is 0 Å². The molecule has 0 spiro atoms. The van der Waals surface area contributed by atoms with Gasteiger partial charge in [-0.05, 0) is 42.7 Å². The minimum atomic E-state index is -3.84. The fourth-order valence-corrected chi connectivity index (χ4v) is 3.82. The van der Waals surface area contributed by atoms with Gasteiger partial charge in [-0.25, -0.2) is 4.31 Å². The number of rotatable bonds is 7. The summed E-state index contributed by atoms with van der Waals surface area (Å²) in [6.45, 7) is 3.59. The highest BCUT2D eigenvalue weighted by atomic mass is 35.5. The number of anilines is 1. The van der Waals surface area contributed by atoms with Gasteiger partial charge in [0.2, 0.25) is 5.91 Å². The molecule has 146 valence electrons. The Bertz CT molecular complexity index is 930. The summed E-state index contributed by atoms with van der Waals surface area (Å²) < 4.78 is 27.8. The lowest BCUT2D eigenvalue weighted by Crippen LogP contribution is -2.46. The number of benzene rings is 2. The van der Waals surface area contributed by atoms with Gasteiger partial charge in [0.1, 0.15) is 6.54 Å². The summed E-state index contributed by atoms with van der Waals surface area (Å²) in [6.07, 6.45) is 0. The Hall–Kier alpha value is -2.09. The van der Waals surface area contributed by atoms with E-state index in [1.807, 2.05) is 38.1 Å². The summed E-state index contributed by atoms with van der Waals surface area (Å²) in [5, 5.41) is 3.28. The first kappa shape index (κ1) is 21.2. The molecule has 6 nitrogen and oxygen atoms in total. The van der Waals surface area contributed by atoms with Gasteiger partial charge in [-0.3, -0.25) is 4.79 Å². The van der Waals surface area contributed by atoms with Crippen molar-refractivity contribution >= 4 is 33.4 Å². The number of nitrogens with one attached hydrogen (secondary N) is 1. The number of nitrogens with zero attached hydrogens (tertiary/aromatic N) is 2. The number of carbonyl (C=O) groups excluding carboxylic acids is 1. The van der Waals surface area contributed by atoms with Crippen LogP contribution in [0.4, 0.5) is 5.69 Å². The Morgan fingerprint density at radius 3 is 2.41 bits per heavy atom. The first-order valence-corrected chi connectivity index (χ1v) is 10.2. The van der Waals surface area contributed by atoms with Crippen molar-refractivity contribution in [3.8, 4) is 0 Å². The van der Waals surface area contributed by atoms with Gasteiger partial charge in [0.05, 0.1) is 5.69 Å². The molecule has 0 aliphatic rings. The van der Waals surface area contributed by atoms with E-state index >= 15 is 0 Å². The van der Waals surface area contributed by atoms with Crippen molar-refractivity contribution in [1.82, 2.24) is 9.62 Å². The molecule has 0 radical (unpaired) electrons. The molecule has 0 atom stereocenters. The first-order chi connectivity index (χ1) is 12.6. The Kier molecular flexibility index (Phi) is 6.86. The molecule has 0 bridgehead atoms. The third-order valence-corrected chi connectivity index (χ3v) is 6.27. The Morgan fingerprint density at radius 1 is 1.11 bits per heavy atom. The largest absolute Gasteiger partial charge is 0.350 e. The van der Waals surface area contributed by atoms with Gasteiger partial charge in [-0.15, -0.1) is 0 Å². The number of amides is 1. The van der Waals surface area contributed by atoms with Gasteiger partial charge in [-0.1, -0.05) is 41.9 Å². The molecule has 1 amide bonds. The fourth-order valence-electron chi connectivity index (χ4n) is 2.50. The van der Waals surface area contributed by atoms with Gasteiger partial charge in [0.15, 0.2) is 0 Å². The van der Waals surface area contributed by atoms with Crippen molar-refractivity contribution in [2.75, 3.05) is 24.9 Å². The van der Waals surface area contributed by atoms with E-state index in [1.54, 1.807) is 18.2 Å². The second-order valence-electron chi connectivity index (χ2n) is 6.45. The molecule has 0 heterocycles. The van der Waals surface area contributed by atoms with E-state index in [0.29, 0.717) is 10.7 Å². The predicted octanol–water partition coefficient (Wildman–Crippen LogP) is 2.89. The highest BCUT2D eigenvalue weighted by molar-refractivity contribution is 7.90. The fraction of sp³-hybridized carbons (Fsp3) is 0.316. The summed E-state index contributed by atoms with van der Waals surface area (Å²) >= 11 is 6.10. The maximum atomic E-state index is 12.8. The van der Waals surface area contributed by atoms with Gasteiger partial charge in [0.25, 0.3) is 0 Å². The molecule has 0 aliphatic heterocycles. The molecule has 0 fully saturated rings. The molecule has 2 rings (SSSR count). The standard InChI is InChI=1S/C19H24ClN3O3S/c1-14-9-10-15(2)18(11-14)23(27(25,26)22(3)4)13-19(24)21-12-16-7-5-6-8-17(16)20/h5-11H,12-13H2,1-4H3,(H,21,24). The average Bonchev–Trinajstić information content (AvgIpc) is 2.61. The van der Waals surface area contributed by atoms with Crippen LogP contribution in [-0.2, 0) is 21.5 Å². The quantitative estimate of drug-likeness (QED) is 0.764. The second-order valence-corrected chi connectivity index (χ2v) is 8.93. The van der Waals surface area contributed by atoms with Crippen LogP contribution in [-0.4, -0.2) is 39.3 Å². The molecule has 0 saturated heterocycles. The average molecular weight is 410 g/mol. The summed E-state index contributed by atoms with van der Waals surface area (Å²) in [4.78, 5) is 12.5. The maximum absolute atomic E-state index is 12.8. The van der Waals surface area contributed by atoms with Crippen molar-refractivity contribution in [3.05, 3.63) is 64.2 Å². The smallest absolute Gasteiger partial charge is 0.304 e. The van der Waals surface area contributed by atoms with Crippen molar-refractivity contribution in [2.24, 2.45) is 0 Å². The highest BCUT2D eigenvalue weighted by Gasteiger charge is 2.28. The van der Waals surface area contributed by atoms with Crippen LogP contribution < -0.4 is 9.62 Å². The zero-order valence-electron chi connectivity index (χ0n) is 15.9. The summed E-state index contributed by atoms with van der Waals surface area (Å²) in [5.41, 5.74) is 2.92. The van der Waals surface area contributed by atoms with Crippen LogP contribution in [0.15, 0.2) is 42.5 Å². The number of carbonyl (C=O) groups is 1. The van der Waals surface area contributed by atoms with E-state index in [1.165, 1.54) is 14.1 Å². The number of hydrogen-bond donors (Lipinski definition) is 1. The Labute approximate surface area is 165 Å².